The number of sulfonamides is 1. The van der Waals surface area contributed by atoms with Crippen LogP contribution in [-0.2, 0) is 16.6 Å². The monoisotopic (exact) mass is 302 g/mol. The molecule has 3 rings (SSSR count). The van der Waals surface area contributed by atoms with Crippen LogP contribution in [0.3, 0.4) is 0 Å². The standard InChI is InChI=1S/C15H14N2O3S/c16-14-5-6-15(13-4-2-1-3-12(13)14)21(18,19)17-9-11-7-8-20-10-11/h1-8,10,17H,9,16H2. The van der Waals surface area contributed by atoms with Crippen molar-refractivity contribution >= 4 is 26.5 Å². The zero-order valence-corrected chi connectivity index (χ0v) is 11.9. The molecular formula is C15H14N2O3S. The Kier molecular flexibility index (Phi) is 3.40. The summed E-state index contributed by atoms with van der Waals surface area (Å²) in [5.74, 6) is 0. The number of nitrogens with one attached hydrogen (secondary N) is 1. The van der Waals surface area contributed by atoms with Gasteiger partial charge in [-0.15, -0.1) is 0 Å². The lowest BCUT2D eigenvalue weighted by Gasteiger charge is -2.10. The van der Waals surface area contributed by atoms with Crippen LogP contribution >= 0.6 is 0 Å². The van der Waals surface area contributed by atoms with Gasteiger partial charge in [0.05, 0.1) is 17.4 Å². The first-order valence-corrected chi connectivity index (χ1v) is 7.84. The van der Waals surface area contributed by atoms with E-state index in [9.17, 15) is 8.42 Å². The first-order valence-electron chi connectivity index (χ1n) is 6.36. The van der Waals surface area contributed by atoms with Crippen LogP contribution in [0.5, 0.6) is 0 Å². The zero-order valence-electron chi connectivity index (χ0n) is 11.1. The Labute approximate surface area is 122 Å². The number of hydrogen-bond donors (Lipinski definition) is 2. The van der Waals surface area contributed by atoms with E-state index in [0.29, 0.717) is 11.1 Å². The summed E-state index contributed by atoms with van der Waals surface area (Å²) in [6.07, 6.45) is 3.01. The fourth-order valence-electron chi connectivity index (χ4n) is 2.18. The molecule has 0 saturated heterocycles. The van der Waals surface area contributed by atoms with Crippen molar-refractivity contribution in [3.63, 3.8) is 0 Å². The molecule has 2 aromatic carbocycles. The van der Waals surface area contributed by atoms with Gasteiger partial charge in [0, 0.05) is 28.6 Å². The number of anilines is 1. The van der Waals surface area contributed by atoms with E-state index in [0.717, 1.165) is 10.9 Å². The van der Waals surface area contributed by atoms with Crippen LogP contribution in [0.25, 0.3) is 10.8 Å². The molecule has 5 nitrogen and oxygen atoms in total. The summed E-state index contributed by atoms with van der Waals surface area (Å²) in [7, 11) is -3.63. The molecule has 0 aliphatic carbocycles. The molecule has 1 heterocycles. The third kappa shape index (κ3) is 2.63. The molecule has 0 spiro atoms. The third-order valence-electron chi connectivity index (χ3n) is 3.25. The van der Waals surface area contributed by atoms with Crippen LogP contribution < -0.4 is 10.5 Å². The van der Waals surface area contributed by atoms with E-state index in [1.807, 2.05) is 6.07 Å². The molecule has 1 aromatic heterocycles. The quantitative estimate of drug-likeness (QED) is 0.725. The van der Waals surface area contributed by atoms with Crippen molar-refractivity contribution in [2.45, 2.75) is 11.4 Å². The van der Waals surface area contributed by atoms with Gasteiger partial charge in [-0.05, 0) is 18.2 Å². The summed E-state index contributed by atoms with van der Waals surface area (Å²) in [5, 5.41) is 1.33. The Morgan fingerprint density at radius 1 is 1.05 bits per heavy atom. The van der Waals surface area contributed by atoms with E-state index in [4.69, 9.17) is 10.2 Å². The van der Waals surface area contributed by atoms with Gasteiger partial charge >= 0.3 is 0 Å². The average molecular weight is 302 g/mol. The number of nitrogen functional groups attached to an aromatic ring is 1. The minimum Gasteiger partial charge on any atom is -0.472 e. The molecule has 6 heteroatoms. The van der Waals surface area contributed by atoms with Crippen molar-refractivity contribution in [3.05, 3.63) is 60.6 Å². The fraction of sp³-hybridized carbons (Fsp3) is 0.0667. The van der Waals surface area contributed by atoms with Crippen molar-refractivity contribution in [2.24, 2.45) is 0 Å². The molecule has 0 saturated carbocycles. The first kappa shape index (κ1) is 13.7. The molecular weight excluding hydrogens is 288 g/mol. The highest BCUT2D eigenvalue weighted by Crippen LogP contribution is 2.27. The first-order chi connectivity index (χ1) is 10.1. The predicted octanol–water partition coefficient (Wildman–Crippen LogP) is 2.49. The summed E-state index contributed by atoms with van der Waals surface area (Å²) in [5.41, 5.74) is 7.21. The maximum absolute atomic E-state index is 12.5. The van der Waals surface area contributed by atoms with Crippen molar-refractivity contribution in [1.29, 1.82) is 0 Å². The fourth-order valence-corrected chi connectivity index (χ4v) is 3.41. The summed E-state index contributed by atoms with van der Waals surface area (Å²) in [6.45, 7) is 0.178. The molecule has 0 radical (unpaired) electrons. The van der Waals surface area contributed by atoms with Gasteiger partial charge in [0.15, 0.2) is 0 Å². The maximum Gasteiger partial charge on any atom is 0.241 e. The minimum atomic E-state index is -3.63. The second kappa shape index (κ2) is 5.23. The zero-order chi connectivity index (χ0) is 14.9. The van der Waals surface area contributed by atoms with Gasteiger partial charge in [-0.25, -0.2) is 13.1 Å². The minimum absolute atomic E-state index is 0.178. The highest BCUT2D eigenvalue weighted by molar-refractivity contribution is 7.89. The molecule has 0 aliphatic heterocycles. The predicted molar refractivity (Wildman–Crippen MR) is 81.1 cm³/mol. The maximum atomic E-state index is 12.5. The van der Waals surface area contributed by atoms with E-state index in [1.54, 1.807) is 30.3 Å². The highest BCUT2D eigenvalue weighted by atomic mass is 32.2. The lowest BCUT2D eigenvalue weighted by molar-refractivity contribution is 0.561. The second-order valence-electron chi connectivity index (χ2n) is 4.65. The molecule has 0 amide bonds. The largest absolute Gasteiger partial charge is 0.472 e. The number of nitrogens with two attached hydrogens (primary N) is 1. The molecule has 3 aromatic rings. The van der Waals surface area contributed by atoms with Crippen molar-refractivity contribution in [1.82, 2.24) is 4.72 Å². The lowest BCUT2D eigenvalue weighted by Crippen LogP contribution is -2.23. The van der Waals surface area contributed by atoms with E-state index in [1.165, 1.54) is 18.6 Å². The van der Waals surface area contributed by atoms with Crippen LogP contribution in [0.4, 0.5) is 5.69 Å². The lowest BCUT2D eigenvalue weighted by atomic mass is 10.1. The molecule has 0 fully saturated rings. The number of rotatable bonds is 4. The summed E-state index contributed by atoms with van der Waals surface area (Å²) >= 11 is 0. The topological polar surface area (TPSA) is 85.3 Å². The van der Waals surface area contributed by atoms with Gasteiger partial charge in [0.1, 0.15) is 0 Å². The van der Waals surface area contributed by atoms with Crippen molar-refractivity contribution < 1.29 is 12.8 Å². The summed E-state index contributed by atoms with van der Waals surface area (Å²) in [4.78, 5) is 0.218. The van der Waals surface area contributed by atoms with E-state index < -0.39 is 10.0 Å². The smallest absolute Gasteiger partial charge is 0.241 e. The van der Waals surface area contributed by atoms with Crippen LogP contribution in [0.15, 0.2) is 64.3 Å². The Morgan fingerprint density at radius 3 is 2.52 bits per heavy atom. The van der Waals surface area contributed by atoms with E-state index in [2.05, 4.69) is 4.72 Å². The molecule has 21 heavy (non-hydrogen) atoms. The van der Waals surface area contributed by atoms with E-state index >= 15 is 0 Å². The van der Waals surface area contributed by atoms with Gasteiger partial charge in [-0.1, -0.05) is 24.3 Å². The highest BCUT2D eigenvalue weighted by Gasteiger charge is 2.18. The SMILES string of the molecule is Nc1ccc(S(=O)(=O)NCc2ccoc2)c2ccccc12. The summed E-state index contributed by atoms with van der Waals surface area (Å²) in [6, 6.07) is 12.0. The van der Waals surface area contributed by atoms with Gasteiger partial charge in [0.25, 0.3) is 0 Å². The van der Waals surface area contributed by atoms with Gasteiger partial charge in [-0.3, -0.25) is 0 Å². The molecule has 3 N–H and O–H groups in total. The molecule has 0 atom stereocenters. The normalized spacial score (nSPS) is 11.8. The Morgan fingerprint density at radius 2 is 1.81 bits per heavy atom. The van der Waals surface area contributed by atoms with Crippen LogP contribution in [-0.4, -0.2) is 8.42 Å². The Balaban J connectivity index is 2.01. The number of fused-ring (bicyclic) bond motifs is 1. The van der Waals surface area contributed by atoms with Crippen molar-refractivity contribution in [2.75, 3.05) is 5.73 Å². The Hall–Kier alpha value is -2.31. The molecule has 0 aliphatic rings. The number of hydrogen-bond acceptors (Lipinski definition) is 4. The summed E-state index contributed by atoms with van der Waals surface area (Å²) < 4.78 is 32.4. The molecule has 108 valence electrons. The molecule has 0 bridgehead atoms. The van der Waals surface area contributed by atoms with Crippen LogP contribution in [0, 0.1) is 0 Å². The number of benzene rings is 2. The van der Waals surface area contributed by atoms with Gasteiger partial charge < -0.3 is 10.2 Å². The second-order valence-corrected chi connectivity index (χ2v) is 6.39. The number of furan rings is 1. The Bertz CT molecular complexity index is 871. The third-order valence-corrected chi connectivity index (χ3v) is 4.71. The van der Waals surface area contributed by atoms with Crippen LogP contribution in [0.2, 0.25) is 0 Å². The molecule has 0 unspecified atom stereocenters. The van der Waals surface area contributed by atoms with Crippen LogP contribution in [0.1, 0.15) is 5.56 Å². The average Bonchev–Trinajstić information content (AvgIpc) is 2.99. The van der Waals surface area contributed by atoms with Crippen molar-refractivity contribution in [3.8, 4) is 0 Å². The van der Waals surface area contributed by atoms with Gasteiger partial charge in [-0.2, -0.15) is 0 Å². The van der Waals surface area contributed by atoms with E-state index in [-0.39, 0.29) is 11.4 Å². The van der Waals surface area contributed by atoms with Gasteiger partial charge in [0.2, 0.25) is 10.0 Å².